The summed E-state index contributed by atoms with van der Waals surface area (Å²) in [5.74, 6) is -1.07. The molecule has 4 rings (SSSR count). The van der Waals surface area contributed by atoms with Crippen LogP contribution >= 0.6 is 11.6 Å². The number of carbonyl (C=O) groups is 2. The maximum Gasteiger partial charge on any atom is 0.278 e. The summed E-state index contributed by atoms with van der Waals surface area (Å²) in [6, 6.07) is 17.3. The van der Waals surface area contributed by atoms with Gasteiger partial charge in [-0.1, -0.05) is 53.6 Å². The molecule has 1 aliphatic rings. The van der Waals surface area contributed by atoms with Gasteiger partial charge in [-0.3, -0.25) is 14.5 Å². The number of imide groups is 1. The Morgan fingerprint density at radius 1 is 0.879 bits per heavy atom. The summed E-state index contributed by atoms with van der Waals surface area (Å²) < 4.78 is 13.2. The van der Waals surface area contributed by atoms with Crippen molar-refractivity contribution in [3.8, 4) is 0 Å². The third-order valence-electron chi connectivity index (χ3n) is 5.80. The second kappa shape index (κ2) is 9.20. The summed E-state index contributed by atoms with van der Waals surface area (Å²) in [7, 11) is 0. The number of rotatable bonds is 6. The lowest BCUT2D eigenvalue weighted by Gasteiger charge is -2.15. The van der Waals surface area contributed by atoms with Crippen LogP contribution in [-0.4, -0.2) is 23.3 Å². The number of benzene rings is 3. The van der Waals surface area contributed by atoms with E-state index in [1.807, 2.05) is 51.1 Å². The summed E-state index contributed by atoms with van der Waals surface area (Å²) >= 11 is 6.27. The summed E-state index contributed by atoms with van der Waals surface area (Å²) in [4.78, 5) is 28.1. The maximum absolute atomic E-state index is 13.5. The van der Waals surface area contributed by atoms with Crippen LogP contribution in [0.4, 0.5) is 10.1 Å². The average molecular weight is 463 g/mol. The molecule has 1 heterocycles. The first kappa shape index (κ1) is 22.7. The maximum atomic E-state index is 13.5. The van der Waals surface area contributed by atoms with E-state index < -0.39 is 5.91 Å². The van der Waals surface area contributed by atoms with Crippen molar-refractivity contribution < 1.29 is 14.0 Å². The van der Waals surface area contributed by atoms with E-state index in [1.165, 1.54) is 17.0 Å². The van der Waals surface area contributed by atoms with Crippen molar-refractivity contribution in [3.05, 3.63) is 105 Å². The van der Waals surface area contributed by atoms with Gasteiger partial charge in [-0.2, -0.15) is 0 Å². The molecule has 3 aromatic carbocycles. The Labute approximate surface area is 197 Å². The molecule has 33 heavy (non-hydrogen) atoms. The molecule has 4 nitrogen and oxygen atoms in total. The summed E-state index contributed by atoms with van der Waals surface area (Å²) in [5, 5.41) is 3.72. The number of amides is 2. The molecule has 0 atom stereocenters. The van der Waals surface area contributed by atoms with E-state index in [0.717, 1.165) is 22.3 Å². The highest BCUT2D eigenvalue weighted by Crippen LogP contribution is 2.33. The average Bonchev–Trinajstić information content (AvgIpc) is 3.00. The fourth-order valence-electron chi connectivity index (χ4n) is 3.95. The van der Waals surface area contributed by atoms with Gasteiger partial charge in [0.15, 0.2) is 0 Å². The number of hydrogen-bond donors (Lipinski definition) is 1. The zero-order valence-corrected chi connectivity index (χ0v) is 19.5. The number of nitrogens with zero attached hydrogens (tertiary/aromatic N) is 1. The molecule has 0 bridgehead atoms. The first-order valence-electron chi connectivity index (χ1n) is 10.7. The number of halogens is 2. The van der Waals surface area contributed by atoms with E-state index >= 15 is 0 Å². The van der Waals surface area contributed by atoms with E-state index in [2.05, 4.69) is 5.32 Å². The first-order chi connectivity index (χ1) is 15.7. The SMILES string of the molecule is Cc1ccc(C2=C(Nc3ccc(C)c(Cl)c3)C(=O)N(CCc3ccc(F)cc3)C2=O)c(C)c1. The number of anilines is 1. The van der Waals surface area contributed by atoms with Gasteiger partial charge in [0.2, 0.25) is 0 Å². The molecule has 0 unspecified atom stereocenters. The van der Waals surface area contributed by atoms with E-state index in [-0.39, 0.29) is 24.0 Å². The van der Waals surface area contributed by atoms with E-state index in [9.17, 15) is 14.0 Å². The van der Waals surface area contributed by atoms with E-state index in [4.69, 9.17) is 11.6 Å². The van der Waals surface area contributed by atoms with Crippen LogP contribution in [0.3, 0.4) is 0 Å². The predicted octanol–water partition coefficient (Wildman–Crippen LogP) is 5.84. The summed E-state index contributed by atoms with van der Waals surface area (Å²) in [6.45, 7) is 6.00. The Morgan fingerprint density at radius 3 is 2.27 bits per heavy atom. The molecule has 168 valence electrons. The number of aryl methyl sites for hydroxylation is 3. The molecule has 0 spiro atoms. The first-order valence-corrected chi connectivity index (χ1v) is 11.1. The van der Waals surface area contributed by atoms with Gasteiger partial charge in [-0.25, -0.2) is 4.39 Å². The molecule has 0 radical (unpaired) electrons. The van der Waals surface area contributed by atoms with E-state index in [1.54, 1.807) is 18.2 Å². The zero-order valence-electron chi connectivity index (χ0n) is 18.7. The van der Waals surface area contributed by atoms with Crippen molar-refractivity contribution in [1.82, 2.24) is 4.90 Å². The molecule has 1 aliphatic heterocycles. The highest BCUT2D eigenvalue weighted by atomic mass is 35.5. The van der Waals surface area contributed by atoms with Crippen molar-refractivity contribution in [2.45, 2.75) is 27.2 Å². The number of hydrogen-bond acceptors (Lipinski definition) is 3. The van der Waals surface area contributed by atoms with Gasteiger partial charge >= 0.3 is 0 Å². The Morgan fingerprint density at radius 2 is 1.61 bits per heavy atom. The Balaban J connectivity index is 1.70. The van der Waals surface area contributed by atoms with Crippen molar-refractivity contribution in [2.75, 3.05) is 11.9 Å². The summed E-state index contributed by atoms with van der Waals surface area (Å²) in [6.07, 6.45) is 0.432. The molecule has 0 aliphatic carbocycles. The standard InChI is InChI=1S/C27H24ClFN2O2/c1-16-4-11-22(18(3)14-16)24-25(30-21-10-5-17(2)23(28)15-21)27(33)31(26(24)32)13-12-19-6-8-20(29)9-7-19/h4-11,14-15,30H,12-13H2,1-3H3. The lowest BCUT2D eigenvalue weighted by Crippen LogP contribution is -2.34. The number of nitrogens with one attached hydrogen (secondary N) is 1. The van der Waals surface area contributed by atoms with Gasteiger partial charge in [-0.15, -0.1) is 0 Å². The van der Waals surface area contributed by atoms with Gasteiger partial charge in [0, 0.05) is 17.3 Å². The Bertz CT molecular complexity index is 1280. The van der Waals surface area contributed by atoms with Gasteiger partial charge in [-0.05, 0) is 73.7 Å². The van der Waals surface area contributed by atoms with Gasteiger partial charge in [0.1, 0.15) is 11.5 Å². The lowest BCUT2D eigenvalue weighted by molar-refractivity contribution is -0.136. The second-order valence-corrected chi connectivity index (χ2v) is 8.70. The molecule has 2 amide bonds. The van der Waals surface area contributed by atoms with Crippen LogP contribution in [0.25, 0.3) is 5.57 Å². The Hall–Kier alpha value is -3.44. The fourth-order valence-corrected chi connectivity index (χ4v) is 4.13. The largest absolute Gasteiger partial charge is 0.350 e. The molecule has 3 aromatic rings. The number of carbonyl (C=O) groups excluding carboxylic acids is 2. The Kier molecular flexibility index (Phi) is 6.34. The lowest BCUT2D eigenvalue weighted by atomic mass is 9.97. The molecular weight excluding hydrogens is 439 g/mol. The highest BCUT2D eigenvalue weighted by molar-refractivity contribution is 6.37. The minimum Gasteiger partial charge on any atom is -0.350 e. The molecule has 0 saturated carbocycles. The van der Waals surface area contributed by atoms with Crippen LogP contribution in [0.1, 0.15) is 27.8 Å². The third-order valence-corrected chi connectivity index (χ3v) is 6.20. The van der Waals surface area contributed by atoms with Crippen molar-refractivity contribution in [2.24, 2.45) is 0 Å². The van der Waals surface area contributed by atoms with Crippen LogP contribution in [0.5, 0.6) is 0 Å². The van der Waals surface area contributed by atoms with Crippen molar-refractivity contribution in [1.29, 1.82) is 0 Å². The second-order valence-electron chi connectivity index (χ2n) is 8.30. The zero-order chi connectivity index (χ0) is 23.7. The van der Waals surface area contributed by atoms with Crippen molar-refractivity contribution in [3.63, 3.8) is 0 Å². The molecule has 0 aromatic heterocycles. The monoisotopic (exact) mass is 462 g/mol. The van der Waals surface area contributed by atoms with Gasteiger partial charge in [0.05, 0.1) is 5.57 Å². The molecule has 0 fully saturated rings. The quantitative estimate of drug-likeness (QED) is 0.468. The molecule has 0 saturated heterocycles. The third kappa shape index (κ3) is 4.69. The fraction of sp³-hybridized carbons (Fsp3) is 0.185. The van der Waals surface area contributed by atoms with Crippen molar-refractivity contribution >= 4 is 34.7 Å². The van der Waals surface area contributed by atoms with E-state index in [0.29, 0.717) is 28.3 Å². The molecule has 6 heteroatoms. The molecule has 1 N–H and O–H groups in total. The minimum atomic E-state index is -0.395. The topological polar surface area (TPSA) is 49.4 Å². The van der Waals surface area contributed by atoms with Gasteiger partial charge in [0.25, 0.3) is 11.8 Å². The van der Waals surface area contributed by atoms with Crippen LogP contribution in [0.2, 0.25) is 5.02 Å². The predicted molar refractivity (Wildman–Crippen MR) is 129 cm³/mol. The van der Waals surface area contributed by atoms with Crippen LogP contribution < -0.4 is 5.32 Å². The summed E-state index contributed by atoms with van der Waals surface area (Å²) in [5.41, 5.74) is 5.65. The normalized spacial score (nSPS) is 13.8. The van der Waals surface area contributed by atoms with Crippen LogP contribution in [0, 0.1) is 26.6 Å². The van der Waals surface area contributed by atoms with Crippen LogP contribution in [-0.2, 0) is 16.0 Å². The smallest absolute Gasteiger partial charge is 0.278 e. The van der Waals surface area contributed by atoms with Gasteiger partial charge < -0.3 is 5.32 Å². The highest BCUT2D eigenvalue weighted by Gasteiger charge is 2.39. The minimum absolute atomic E-state index is 0.192. The van der Waals surface area contributed by atoms with Crippen LogP contribution in [0.15, 0.2) is 66.4 Å². The molecular formula is C27H24ClFN2O2.